The molecule has 1 aliphatic heterocycles. The van der Waals surface area contributed by atoms with E-state index in [9.17, 15) is 5.11 Å². The minimum absolute atomic E-state index is 0.390. The molecular formula is C6H14N2O4. The van der Waals surface area contributed by atoms with Crippen molar-refractivity contribution in [2.45, 2.75) is 30.6 Å². The van der Waals surface area contributed by atoms with Gasteiger partial charge in [0.1, 0.15) is 6.10 Å². The van der Waals surface area contributed by atoms with Gasteiger partial charge >= 0.3 is 0 Å². The summed E-state index contributed by atoms with van der Waals surface area (Å²) >= 11 is 0. The molecule has 0 amide bonds. The van der Waals surface area contributed by atoms with Crippen LogP contribution in [-0.4, -0.2) is 52.5 Å². The van der Waals surface area contributed by atoms with Crippen LogP contribution in [0.2, 0.25) is 0 Å². The lowest BCUT2D eigenvalue weighted by Gasteiger charge is -2.38. The second kappa shape index (κ2) is 3.65. The van der Waals surface area contributed by atoms with Gasteiger partial charge in [0, 0.05) is 0 Å². The Kier molecular flexibility index (Phi) is 2.99. The molecule has 1 heterocycles. The largest absolute Gasteiger partial charge is 0.394 e. The van der Waals surface area contributed by atoms with Crippen molar-refractivity contribution in [3.8, 4) is 0 Å². The lowest BCUT2D eigenvalue weighted by molar-refractivity contribution is -0.221. The van der Waals surface area contributed by atoms with Gasteiger partial charge in [0.15, 0.2) is 6.29 Å². The summed E-state index contributed by atoms with van der Waals surface area (Å²) < 4.78 is 4.78. The van der Waals surface area contributed by atoms with Gasteiger partial charge in [-0.3, -0.25) is 0 Å². The molecule has 0 aromatic rings. The number of ether oxygens (including phenoxy) is 1. The fourth-order valence-corrected chi connectivity index (χ4v) is 1.17. The zero-order valence-corrected chi connectivity index (χ0v) is 6.50. The predicted octanol–water partition coefficient (Wildman–Crippen LogP) is -3.29. The molecule has 72 valence electrons. The molecule has 0 bridgehead atoms. The number of aliphatic hydroxyl groups is 3. The topological polar surface area (TPSA) is 122 Å². The lowest BCUT2D eigenvalue weighted by Crippen LogP contribution is -2.65. The van der Waals surface area contributed by atoms with Gasteiger partial charge in [0.25, 0.3) is 0 Å². The fraction of sp³-hybridized carbons (Fsp3) is 1.00. The molecule has 0 spiro atoms. The van der Waals surface area contributed by atoms with Crippen LogP contribution in [0.15, 0.2) is 0 Å². The molecule has 0 aromatic heterocycles. The van der Waals surface area contributed by atoms with E-state index >= 15 is 0 Å². The van der Waals surface area contributed by atoms with E-state index in [-0.39, 0.29) is 0 Å². The molecule has 12 heavy (non-hydrogen) atoms. The molecule has 6 nitrogen and oxygen atoms in total. The molecule has 0 saturated carbocycles. The molecule has 0 unspecified atom stereocenters. The van der Waals surface area contributed by atoms with Gasteiger partial charge < -0.3 is 31.5 Å². The Balaban J connectivity index is 2.63. The molecule has 0 aromatic carbocycles. The van der Waals surface area contributed by atoms with E-state index in [2.05, 4.69) is 0 Å². The normalized spacial score (nSPS) is 49.2. The molecule has 0 radical (unpaired) electrons. The third-order valence-corrected chi connectivity index (χ3v) is 2.04. The first-order valence-corrected chi connectivity index (χ1v) is 3.71. The standard InChI is InChI=1S/C6H14N2O4/c7-3-4(8)6(11)12-2(1-9)5(3)10/h2-6,9-11H,1,7-8H2/t2-,3+,4-,5+,6+/m0/s1. The van der Waals surface area contributed by atoms with Gasteiger partial charge in [0.2, 0.25) is 0 Å². The number of hydrogen-bond acceptors (Lipinski definition) is 6. The van der Waals surface area contributed by atoms with Crippen LogP contribution in [0.3, 0.4) is 0 Å². The van der Waals surface area contributed by atoms with E-state index in [1.165, 1.54) is 0 Å². The van der Waals surface area contributed by atoms with Crippen molar-refractivity contribution < 1.29 is 20.1 Å². The monoisotopic (exact) mass is 178 g/mol. The third kappa shape index (κ3) is 1.58. The smallest absolute Gasteiger partial charge is 0.171 e. The van der Waals surface area contributed by atoms with E-state index in [1.54, 1.807) is 0 Å². The second-order valence-electron chi connectivity index (χ2n) is 2.89. The van der Waals surface area contributed by atoms with E-state index in [0.717, 1.165) is 0 Å². The highest BCUT2D eigenvalue weighted by molar-refractivity contribution is 4.93. The fourth-order valence-electron chi connectivity index (χ4n) is 1.17. The van der Waals surface area contributed by atoms with Crippen LogP contribution in [0.5, 0.6) is 0 Å². The van der Waals surface area contributed by atoms with Gasteiger partial charge in [-0.1, -0.05) is 0 Å². The van der Waals surface area contributed by atoms with Crippen molar-refractivity contribution in [2.75, 3.05) is 6.61 Å². The molecule has 1 saturated heterocycles. The molecule has 1 fully saturated rings. The van der Waals surface area contributed by atoms with E-state index in [1.807, 2.05) is 0 Å². The average Bonchev–Trinajstić information content (AvgIpc) is 2.08. The van der Waals surface area contributed by atoms with Crippen LogP contribution in [0.4, 0.5) is 0 Å². The summed E-state index contributed by atoms with van der Waals surface area (Å²) in [4.78, 5) is 0. The summed E-state index contributed by atoms with van der Waals surface area (Å²) in [6.07, 6.45) is -3.11. The summed E-state index contributed by atoms with van der Waals surface area (Å²) in [7, 11) is 0. The van der Waals surface area contributed by atoms with E-state index in [4.69, 9.17) is 26.4 Å². The highest BCUT2D eigenvalue weighted by Gasteiger charge is 2.40. The average molecular weight is 178 g/mol. The minimum Gasteiger partial charge on any atom is -0.394 e. The summed E-state index contributed by atoms with van der Waals surface area (Å²) in [5.74, 6) is 0. The summed E-state index contributed by atoms with van der Waals surface area (Å²) in [5.41, 5.74) is 10.8. The van der Waals surface area contributed by atoms with Crippen LogP contribution in [0.1, 0.15) is 0 Å². The van der Waals surface area contributed by atoms with Crippen molar-refractivity contribution >= 4 is 0 Å². The van der Waals surface area contributed by atoms with Gasteiger partial charge in [-0.15, -0.1) is 0 Å². The van der Waals surface area contributed by atoms with Crippen molar-refractivity contribution in [1.82, 2.24) is 0 Å². The number of rotatable bonds is 1. The maximum atomic E-state index is 9.32. The number of nitrogens with two attached hydrogens (primary N) is 2. The van der Waals surface area contributed by atoms with Crippen molar-refractivity contribution in [3.05, 3.63) is 0 Å². The number of hydrogen-bond donors (Lipinski definition) is 5. The Bertz CT molecular complexity index is 152. The van der Waals surface area contributed by atoms with Gasteiger partial charge in [0.05, 0.1) is 24.8 Å². The highest BCUT2D eigenvalue weighted by atomic mass is 16.6. The Morgan fingerprint density at radius 3 is 2.25 bits per heavy atom. The summed E-state index contributed by atoms with van der Waals surface area (Å²) in [6.45, 7) is -0.390. The van der Waals surface area contributed by atoms with E-state index < -0.39 is 37.2 Å². The highest BCUT2D eigenvalue weighted by Crippen LogP contribution is 2.16. The molecule has 7 N–H and O–H groups in total. The van der Waals surface area contributed by atoms with Crippen LogP contribution < -0.4 is 11.5 Å². The van der Waals surface area contributed by atoms with Gasteiger partial charge in [-0.2, -0.15) is 0 Å². The molecule has 0 aliphatic carbocycles. The Hall–Kier alpha value is -0.240. The molecule has 1 aliphatic rings. The molecule has 1 rings (SSSR count). The molecule has 6 heteroatoms. The Labute approximate surface area is 69.7 Å². The molecule has 5 atom stereocenters. The quantitative estimate of drug-likeness (QED) is 0.287. The summed E-state index contributed by atoms with van der Waals surface area (Å²) in [6, 6.07) is -1.59. The van der Waals surface area contributed by atoms with E-state index in [0.29, 0.717) is 0 Å². The number of aliphatic hydroxyl groups excluding tert-OH is 3. The Morgan fingerprint density at radius 2 is 1.75 bits per heavy atom. The zero-order valence-electron chi connectivity index (χ0n) is 6.50. The predicted molar refractivity (Wildman–Crippen MR) is 39.9 cm³/mol. The van der Waals surface area contributed by atoms with Crippen LogP contribution in [0.25, 0.3) is 0 Å². The molecular weight excluding hydrogens is 164 g/mol. The maximum Gasteiger partial charge on any atom is 0.171 e. The maximum absolute atomic E-state index is 9.32. The first kappa shape index (κ1) is 9.85. The van der Waals surface area contributed by atoms with Crippen molar-refractivity contribution in [1.29, 1.82) is 0 Å². The van der Waals surface area contributed by atoms with Crippen molar-refractivity contribution in [2.24, 2.45) is 11.5 Å². The van der Waals surface area contributed by atoms with Crippen LogP contribution >= 0.6 is 0 Å². The Morgan fingerprint density at radius 1 is 1.17 bits per heavy atom. The second-order valence-corrected chi connectivity index (χ2v) is 2.89. The third-order valence-electron chi connectivity index (χ3n) is 2.04. The first-order chi connectivity index (χ1) is 5.57. The van der Waals surface area contributed by atoms with Crippen LogP contribution in [0, 0.1) is 0 Å². The van der Waals surface area contributed by atoms with Gasteiger partial charge in [-0.25, -0.2) is 0 Å². The lowest BCUT2D eigenvalue weighted by atomic mass is 9.96. The summed E-state index contributed by atoms with van der Waals surface area (Å²) in [5, 5.41) is 27.1. The van der Waals surface area contributed by atoms with Crippen LogP contribution in [-0.2, 0) is 4.74 Å². The van der Waals surface area contributed by atoms with Crippen molar-refractivity contribution in [3.63, 3.8) is 0 Å². The first-order valence-electron chi connectivity index (χ1n) is 3.71. The SMILES string of the molecule is N[C@@H]1[C@H](N)[C@H](O)O[C@@H](CO)[C@H]1O. The zero-order chi connectivity index (χ0) is 9.30. The minimum atomic E-state index is -1.22. The van der Waals surface area contributed by atoms with Gasteiger partial charge in [-0.05, 0) is 0 Å².